The van der Waals surface area contributed by atoms with Crippen molar-refractivity contribution in [3.63, 3.8) is 0 Å². The molecule has 0 spiro atoms. The second-order valence-electron chi connectivity index (χ2n) is 3.85. The first-order valence-electron chi connectivity index (χ1n) is 5.46. The molecule has 0 unspecified atom stereocenters. The summed E-state index contributed by atoms with van der Waals surface area (Å²) in [6.45, 7) is 1.48. The van der Waals surface area contributed by atoms with Gasteiger partial charge in [-0.25, -0.2) is 14.9 Å². The van der Waals surface area contributed by atoms with E-state index < -0.39 is 11.0 Å². The number of nitro groups is 1. The van der Waals surface area contributed by atoms with Crippen LogP contribution in [-0.2, 0) is 6.54 Å². The summed E-state index contributed by atoms with van der Waals surface area (Å²) in [4.78, 5) is 26.7. The van der Waals surface area contributed by atoms with Gasteiger partial charge in [-0.15, -0.1) is 0 Å². The number of hydrogen-bond donors (Lipinski definition) is 2. The van der Waals surface area contributed by atoms with Crippen LogP contribution in [0.4, 0.5) is 0 Å². The minimum atomic E-state index is -1.04. The predicted molar refractivity (Wildman–Crippen MR) is 64.0 cm³/mol. The zero-order valence-corrected chi connectivity index (χ0v) is 9.81. The van der Waals surface area contributed by atoms with Crippen molar-refractivity contribution in [3.8, 4) is 0 Å². The Hall–Kier alpha value is -2.71. The fourth-order valence-corrected chi connectivity index (χ4v) is 1.69. The largest absolute Gasteiger partial charge is 0.478 e. The molecule has 9 heteroatoms. The average molecular weight is 265 g/mol. The second kappa shape index (κ2) is 5.29. The summed E-state index contributed by atoms with van der Waals surface area (Å²) in [6, 6.07) is 3.02. The molecule has 2 rings (SSSR count). The third-order valence-electron chi connectivity index (χ3n) is 2.57. The summed E-state index contributed by atoms with van der Waals surface area (Å²) in [6.07, 6.45) is 1.26. The van der Waals surface area contributed by atoms with E-state index >= 15 is 0 Å². The number of aromatic carboxylic acids is 1. The SMILES string of the molecule is O=C(O)c1ccc(CN2CCNC2=N[N+](=O)[O-])nc1. The Bertz CT molecular complexity index is 527. The van der Waals surface area contributed by atoms with Gasteiger partial charge in [0.25, 0.3) is 5.96 Å². The molecular weight excluding hydrogens is 254 g/mol. The highest BCUT2D eigenvalue weighted by Crippen LogP contribution is 2.07. The number of hydrazone groups is 1. The molecular formula is C10H11N5O4. The van der Waals surface area contributed by atoms with Crippen molar-refractivity contribution in [2.24, 2.45) is 5.10 Å². The highest BCUT2D eigenvalue weighted by molar-refractivity contribution is 5.87. The summed E-state index contributed by atoms with van der Waals surface area (Å²) in [5.74, 6) is -0.855. The van der Waals surface area contributed by atoms with Crippen LogP contribution in [0.1, 0.15) is 16.1 Å². The van der Waals surface area contributed by atoms with Gasteiger partial charge in [-0.1, -0.05) is 0 Å². The Morgan fingerprint density at radius 1 is 1.63 bits per heavy atom. The van der Waals surface area contributed by atoms with Crippen molar-refractivity contribution >= 4 is 11.9 Å². The van der Waals surface area contributed by atoms with Crippen LogP contribution in [0.25, 0.3) is 0 Å². The zero-order chi connectivity index (χ0) is 13.8. The number of carboxylic acid groups (broad SMARTS) is 1. The molecule has 2 heterocycles. The maximum atomic E-state index is 10.7. The van der Waals surface area contributed by atoms with E-state index in [0.29, 0.717) is 25.3 Å². The van der Waals surface area contributed by atoms with Gasteiger partial charge in [0.1, 0.15) is 5.10 Å². The third kappa shape index (κ3) is 3.15. The Balaban J connectivity index is 2.08. The van der Waals surface area contributed by atoms with Crippen molar-refractivity contribution < 1.29 is 14.9 Å². The van der Waals surface area contributed by atoms with E-state index in [1.54, 1.807) is 11.0 Å². The molecule has 1 aliphatic heterocycles. The van der Waals surface area contributed by atoms with Gasteiger partial charge in [-0.2, -0.15) is 0 Å². The predicted octanol–water partition coefficient (Wildman–Crippen LogP) is -0.267. The highest BCUT2D eigenvalue weighted by Gasteiger charge is 2.21. The number of guanidine groups is 1. The smallest absolute Gasteiger partial charge is 0.337 e. The Kier molecular flexibility index (Phi) is 3.55. The van der Waals surface area contributed by atoms with Crippen molar-refractivity contribution in [1.82, 2.24) is 15.2 Å². The normalized spacial score (nSPS) is 16.4. The van der Waals surface area contributed by atoms with Gasteiger partial charge in [-0.3, -0.25) is 4.98 Å². The Morgan fingerprint density at radius 3 is 3.00 bits per heavy atom. The van der Waals surface area contributed by atoms with Crippen LogP contribution in [0.3, 0.4) is 0 Å². The maximum Gasteiger partial charge on any atom is 0.337 e. The number of carboxylic acids is 1. The van der Waals surface area contributed by atoms with Gasteiger partial charge in [0.2, 0.25) is 0 Å². The fourth-order valence-electron chi connectivity index (χ4n) is 1.69. The molecule has 0 bridgehead atoms. The molecule has 0 amide bonds. The lowest BCUT2D eigenvalue weighted by molar-refractivity contribution is -0.485. The van der Waals surface area contributed by atoms with E-state index in [9.17, 15) is 14.9 Å². The van der Waals surface area contributed by atoms with Crippen molar-refractivity contribution in [1.29, 1.82) is 0 Å². The van der Waals surface area contributed by atoms with E-state index in [1.807, 2.05) is 0 Å². The number of rotatable bonds is 4. The minimum absolute atomic E-state index is 0.0995. The van der Waals surface area contributed by atoms with Gasteiger partial charge >= 0.3 is 5.97 Å². The molecule has 0 aliphatic carbocycles. The van der Waals surface area contributed by atoms with Crippen LogP contribution in [0.5, 0.6) is 0 Å². The number of pyridine rings is 1. The van der Waals surface area contributed by atoms with Gasteiger partial charge in [0.05, 0.1) is 17.8 Å². The first kappa shape index (κ1) is 12.7. The summed E-state index contributed by atoms with van der Waals surface area (Å²) in [5, 5.41) is 24.4. The molecule has 0 radical (unpaired) electrons. The molecule has 1 aromatic rings. The van der Waals surface area contributed by atoms with E-state index in [0.717, 1.165) is 0 Å². The van der Waals surface area contributed by atoms with E-state index in [-0.39, 0.29) is 11.5 Å². The van der Waals surface area contributed by atoms with Crippen LogP contribution >= 0.6 is 0 Å². The first-order valence-corrected chi connectivity index (χ1v) is 5.46. The van der Waals surface area contributed by atoms with Gasteiger partial charge in [0, 0.05) is 19.3 Å². The quantitative estimate of drug-likeness (QED) is 0.567. The topological polar surface area (TPSA) is 121 Å². The molecule has 0 aromatic carbocycles. The summed E-state index contributed by atoms with van der Waals surface area (Å²) < 4.78 is 0. The molecule has 0 saturated carbocycles. The van der Waals surface area contributed by atoms with Crippen LogP contribution < -0.4 is 5.32 Å². The number of hydrogen-bond acceptors (Lipinski definition) is 4. The molecule has 19 heavy (non-hydrogen) atoms. The van der Waals surface area contributed by atoms with Gasteiger partial charge in [0.15, 0.2) is 5.03 Å². The third-order valence-corrected chi connectivity index (χ3v) is 2.57. The lowest BCUT2D eigenvalue weighted by atomic mass is 10.2. The molecule has 1 aliphatic rings. The van der Waals surface area contributed by atoms with Crippen molar-refractivity contribution in [3.05, 3.63) is 39.7 Å². The average Bonchev–Trinajstić information content (AvgIpc) is 2.76. The number of carbonyl (C=O) groups is 1. The number of nitrogens with zero attached hydrogens (tertiary/aromatic N) is 4. The molecule has 100 valence electrons. The number of aromatic nitrogens is 1. The number of nitrogens with one attached hydrogen (secondary N) is 1. The summed E-state index contributed by atoms with van der Waals surface area (Å²) in [7, 11) is 0. The van der Waals surface area contributed by atoms with Crippen LogP contribution in [0.2, 0.25) is 0 Å². The van der Waals surface area contributed by atoms with Crippen molar-refractivity contribution in [2.45, 2.75) is 6.54 Å². The monoisotopic (exact) mass is 265 g/mol. The summed E-state index contributed by atoms with van der Waals surface area (Å²) >= 11 is 0. The van der Waals surface area contributed by atoms with E-state index in [4.69, 9.17) is 5.11 Å². The standard InChI is InChI=1S/C10H11N5O4/c16-9(17)7-1-2-8(12-5-7)6-14-4-3-11-10(14)13-15(18)19/h1-2,5H,3-4,6H2,(H,11,13)(H,16,17). The van der Waals surface area contributed by atoms with Gasteiger partial charge in [-0.05, 0) is 12.1 Å². The zero-order valence-electron chi connectivity index (χ0n) is 9.81. The van der Waals surface area contributed by atoms with Crippen molar-refractivity contribution in [2.75, 3.05) is 13.1 Å². The van der Waals surface area contributed by atoms with Gasteiger partial charge < -0.3 is 15.3 Å². The van der Waals surface area contributed by atoms with E-state index in [2.05, 4.69) is 15.4 Å². The lowest BCUT2D eigenvalue weighted by Gasteiger charge is -2.14. The van der Waals surface area contributed by atoms with Crippen LogP contribution in [0, 0.1) is 10.1 Å². The minimum Gasteiger partial charge on any atom is -0.478 e. The summed E-state index contributed by atoms with van der Waals surface area (Å²) in [5.41, 5.74) is 0.715. The molecule has 9 nitrogen and oxygen atoms in total. The lowest BCUT2D eigenvalue weighted by Crippen LogP contribution is -2.30. The molecule has 1 saturated heterocycles. The molecule has 2 N–H and O–H groups in total. The van der Waals surface area contributed by atoms with Crippen LogP contribution in [-0.4, -0.2) is 45.0 Å². The van der Waals surface area contributed by atoms with E-state index in [1.165, 1.54) is 12.3 Å². The molecule has 1 aromatic heterocycles. The highest BCUT2D eigenvalue weighted by atomic mass is 16.7. The fraction of sp³-hybridized carbons (Fsp3) is 0.300. The maximum absolute atomic E-state index is 10.7. The Labute approximate surface area is 107 Å². The second-order valence-corrected chi connectivity index (χ2v) is 3.85. The molecule has 0 atom stereocenters. The first-order chi connectivity index (χ1) is 9.06. The van der Waals surface area contributed by atoms with Crippen LogP contribution in [0.15, 0.2) is 23.4 Å². The molecule has 1 fully saturated rings. The Morgan fingerprint density at radius 2 is 2.42 bits per heavy atom.